The third kappa shape index (κ3) is 5.36. The highest BCUT2D eigenvalue weighted by Gasteiger charge is 2.28. The van der Waals surface area contributed by atoms with E-state index in [1.165, 1.54) is 11.3 Å². The second-order valence-corrected chi connectivity index (χ2v) is 10.8. The van der Waals surface area contributed by atoms with Gasteiger partial charge in [-0.15, -0.1) is 11.3 Å². The van der Waals surface area contributed by atoms with Crippen molar-refractivity contribution in [2.45, 2.75) is 45.6 Å². The van der Waals surface area contributed by atoms with Crippen LogP contribution in [0, 0.1) is 0 Å². The van der Waals surface area contributed by atoms with E-state index in [4.69, 9.17) is 4.74 Å². The number of likely N-dealkylation sites (tertiary alicyclic amines) is 1. The molecule has 3 aromatic carbocycles. The fourth-order valence-corrected chi connectivity index (χ4v) is 6.29. The van der Waals surface area contributed by atoms with Crippen LogP contribution in [0.3, 0.4) is 0 Å². The van der Waals surface area contributed by atoms with Crippen molar-refractivity contribution in [1.82, 2.24) is 4.90 Å². The van der Waals surface area contributed by atoms with Gasteiger partial charge in [-0.25, -0.2) is 0 Å². The first-order valence-electron chi connectivity index (χ1n) is 13.1. The molecule has 0 spiro atoms. The fraction of sp³-hybridized carbons (Fsp3) is 0.323. The number of hydrogen-bond donors (Lipinski definition) is 2. The lowest BCUT2D eigenvalue weighted by Gasteiger charge is -2.38. The van der Waals surface area contributed by atoms with E-state index < -0.39 is 0 Å². The number of fused-ring (bicyclic) bond motifs is 1. The smallest absolute Gasteiger partial charge is 0.195 e. The quantitative estimate of drug-likeness (QED) is 0.222. The zero-order chi connectivity index (χ0) is 25.9. The van der Waals surface area contributed by atoms with Crippen molar-refractivity contribution >= 4 is 27.2 Å². The molecule has 0 atom stereocenters. The number of ether oxygens (including phenoxy) is 1. The lowest BCUT2D eigenvalue weighted by atomic mass is 9.94. The molecule has 1 aliphatic heterocycles. The number of rotatable bonds is 10. The lowest BCUT2D eigenvalue weighted by Crippen LogP contribution is -2.53. The molecule has 1 aromatic heterocycles. The molecule has 5 nitrogen and oxygen atoms in total. The lowest BCUT2D eigenvalue weighted by molar-refractivity contribution is 0.0202. The summed E-state index contributed by atoms with van der Waals surface area (Å²) >= 11 is 1.50. The van der Waals surface area contributed by atoms with E-state index >= 15 is 0 Å². The number of phenolic OH excluding ortho intramolecular Hbond substituents is 2. The molecule has 1 saturated heterocycles. The molecule has 0 amide bonds. The molecular formula is C31H33NO4S. The van der Waals surface area contributed by atoms with Gasteiger partial charge in [0.05, 0.1) is 0 Å². The van der Waals surface area contributed by atoms with E-state index in [1.54, 1.807) is 24.3 Å². The molecule has 0 saturated carbocycles. The molecule has 0 bridgehead atoms. The molecule has 6 heteroatoms. The van der Waals surface area contributed by atoms with Crippen LogP contribution in [0.15, 0.2) is 60.7 Å². The summed E-state index contributed by atoms with van der Waals surface area (Å²) in [6.45, 7) is 7.31. The van der Waals surface area contributed by atoms with Gasteiger partial charge >= 0.3 is 0 Å². The van der Waals surface area contributed by atoms with Gasteiger partial charge < -0.3 is 14.9 Å². The van der Waals surface area contributed by atoms with Gasteiger partial charge in [-0.2, -0.15) is 0 Å². The molecule has 2 N–H and O–H groups in total. The van der Waals surface area contributed by atoms with Crippen LogP contribution in [0.2, 0.25) is 0 Å². The van der Waals surface area contributed by atoms with E-state index in [1.807, 2.05) is 36.4 Å². The SMILES string of the molecule is CCCCc1cc(O)ccc1-c1sc2cc(O)ccc2c1C(=O)c1ccc(OC2CN(CCC)C2)cc1. The average Bonchev–Trinajstić information content (AvgIpc) is 3.24. The number of ketones is 1. The first-order valence-corrected chi connectivity index (χ1v) is 13.9. The number of hydrogen-bond acceptors (Lipinski definition) is 6. The van der Waals surface area contributed by atoms with Gasteiger partial charge in [0.25, 0.3) is 0 Å². The van der Waals surface area contributed by atoms with Crippen molar-refractivity contribution in [2.75, 3.05) is 19.6 Å². The van der Waals surface area contributed by atoms with E-state index in [0.29, 0.717) is 11.1 Å². The molecule has 5 rings (SSSR count). The van der Waals surface area contributed by atoms with Crippen molar-refractivity contribution < 1.29 is 19.7 Å². The fourth-order valence-electron chi connectivity index (χ4n) is 4.99. The monoisotopic (exact) mass is 515 g/mol. The predicted octanol–water partition coefficient (Wildman–Crippen LogP) is 7.03. The summed E-state index contributed by atoms with van der Waals surface area (Å²) in [6.07, 6.45) is 4.18. The molecule has 1 aliphatic rings. The van der Waals surface area contributed by atoms with E-state index in [0.717, 1.165) is 77.2 Å². The summed E-state index contributed by atoms with van der Waals surface area (Å²) in [5.41, 5.74) is 3.20. The van der Waals surface area contributed by atoms with E-state index in [9.17, 15) is 15.0 Å². The van der Waals surface area contributed by atoms with Crippen molar-refractivity contribution in [3.8, 4) is 27.7 Å². The number of carbonyl (C=O) groups excluding carboxylic acids is 1. The number of carbonyl (C=O) groups is 1. The van der Waals surface area contributed by atoms with Crippen molar-refractivity contribution in [3.05, 3.63) is 77.4 Å². The maximum Gasteiger partial charge on any atom is 0.195 e. The molecule has 37 heavy (non-hydrogen) atoms. The zero-order valence-electron chi connectivity index (χ0n) is 21.4. The van der Waals surface area contributed by atoms with Crippen LogP contribution in [0.5, 0.6) is 17.2 Å². The van der Waals surface area contributed by atoms with Crippen molar-refractivity contribution in [3.63, 3.8) is 0 Å². The van der Waals surface area contributed by atoms with Crippen LogP contribution in [0.25, 0.3) is 20.5 Å². The number of thiophene rings is 1. The minimum absolute atomic E-state index is 0.0641. The van der Waals surface area contributed by atoms with Crippen molar-refractivity contribution in [1.29, 1.82) is 0 Å². The predicted molar refractivity (Wildman–Crippen MR) is 150 cm³/mol. The number of nitrogens with zero attached hydrogens (tertiary/aromatic N) is 1. The Morgan fingerprint density at radius 2 is 1.70 bits per heavy atom. The molecule has 0 aliphatic carbocycles. The highest BCUT2D eigenvalue weighted by Crippen LogP contribution is 2.43. The summed E-state index contributed by atoms with van der Waals surface area (Å²) in [7, 11) is 0. The van der Waals surface area contributed by atoms with Gasteiger partial charge in [0.1, 0.15) is 23.4 Å². The van der Waals surface area contributed by atoms with Gasteiger partial charge in [-0.1, -0.05) is 20.3 Å². The summed E-state index contributed by atoms with van der Waals surface area (Å²) in [5, 5.41) is 21.1. The highest BCUT2D eigenvalue weighted by atomic mass is 32.1. The number of benzene rings is 3. The van der Waals surface area contributed by atoms with Crippen LogP contribution < -0.4 is 4.74 Å². The third-order valence-corrected chi connectivity index (χ3v) is 8.10. The Morgan fingerprint density at radius 3 is 2.43 bits per heavy atom. The Labute approximate surface area is 221 Å². The van der Waals surface area contributed by atoms with Crippen LogP contribution >= 0.6 is 11.3 Å². The number of unbranched alkanes of at least 4 members (excludes halogenated alkanes) is 1. The molecular weight excluding hydrogens is 482 g/mol. The largest absolute Gasteiger partial charge is 0.508 e. The summed E-state index contributed by atoms with van der Waals surface area (Å²) in [6, 6.07) is 18.0. The second kappa shape index (κ2) is 11.0. The topological polar surface area (TPSA) is 70.0 Å². The third-order valence-electron chi connectivity index (χ3n) is 6.92. The maximum atomic E-state index is 14.0. The average molecular weight is 516 g/mol. The van der Waals surface area contributed by atoms with Gasteiger partial charge in [-0.05, 0) is 97.6 Å². The Morgan fingerprint density at radius 1 is 0.973 bits per heavy atom. The second-order valence-electron chi connectivity index (χ2n) is 9.78. The van der Waals surface area contributed by atoms with Crippen molar-refractivity contribution in [2.24, 2.45) is 0 Å². The molecule has 1 fully saturated rings. The summed E-state index contributed by atoms with van der Waals surface area (Å²) in [5.74, 6) is 1.11. The minimum Gasteiger partial charge on any atom is -0.508 e. The van der Waals surface area contributed by atoms with Gasteiger partial charge in [0.15, 0.2) is 5.78 Å². The summed E-state index contributed by atoms with van der Waals surface area (Å²) < 4.78 is 6.95. The van der Waals surface area contributed by atoms with Gasteiger partial charge in [0, 0.05) is 39.2 Å². The maximum absolute atomic E-state index is 14.0. The molecule has 4 aromatic rings. The highest BCUT2D eigenvalue weighted by molar-refractivity contribution is 7.22. The van der Waals surface area contributed by atoms with Crippen LogP contribution in [0.1, 0.15) is 54.6 Å². The van der Waals surface area contributed by atoms with Crippen LogP contribution in [-0.2, 0) is 6.42 Å². The normalized spacial score (nSPS) is 14.1. The molecule has 0 radical (unpaired) electrons. The molecule has 0 unspecified atom stereocenters. The molecule has 192 valence electrons. The van der Waals surface area contributed by atoms with E-state index in [2.05, 4.69) is 18.7 Å². The Balaban J connectivity index is 1.48. The van der Waals surface area contributed by atoms with E-state index in [-0.39, 0.29) is 23.4 Å². The Kier molecular flexibility index (Phi) is 7.49. The Hall–Kier alpha value is -3.35. The first kappa shape index (κ1) is 25.3. The Bertz CT molecular complexity index is 1400. The summed E-state index contributed by atoms with van der Waals surface area (Å²) in [4.78, 5) is 17.2. The first-order chi connectivity index (χ1) is 18.0. The number of phenols is 2. The van der Waals surface area contributed by atoms with Crippen LogP contribution in [0.4, 0.5) is 0 Å². The van der Waals surface area contributed by atoms with Gasteiger partial charge in [-0.3, -0.25) is 9.69 Å². The standard InChI is InChI=1S/C31H33NO4S/c1-3-5-6-21-16-22(33)9-13-26(21)31-29(27-14-10-23(34)17-28(27)37-31)30(35)20-7-11-24(12-8-20)36-25-18-32(19-25)15-4-2/h7-14,16-17,25,33-34H,3-6,15,18-19H2,1-2H3. The minimum atomic E-state index is -0.0641. The van der Waals surface area contributed by atoms with Gasteiger partial charge in [0.2, 0.25) is 0 Å². The molecule has 2 heterocycles. The number of aromatic hydroxyl groups is 2. The number of aryl methyl sites for hydroxylation is 1. The van der Waals surface area contributed by atoms with Crippen LogP contribution in [-0.4, -0.2) is 46.6 Å². The zero-order valence-corrected chi connectivity index (χ0v) is 22.2.